The highest BCUT2D eigenvalue weighted by Gasteiger charge is 2.26. The SMILES string of the molecule is O=C(CSC(c1ccccc1)c1ccccc1)OCc1cccc(S(=O)(=O)N2CCOCC2)c1. The van der Waals surface area contributed by atoms with Gasteiger partial charge in [0.2, 0.25) is 10.0 Å². The van der Waals surface area contributed by atoms with Gasteiger partial charge in [-0.2, -0.15) is 4.31 Å². The third-order valence-electron chi connectivity index (χ3n) is 5.48. The molecule has 0 atom stereocenters. The van der Waals surface area contributed by atoms with E-state index in [4.69, 9.17) is 9.47 Å². The number of carbonyl (C=O) groups is 1. The molecule has 0 aromatic heterocycles. The number of benzene rings is 3. The molecule has 0 amide bonds. The molecule has 1 aliphatic heterocycles. The third-order valence-corrected chi connectivity index (χ3v) is 8.65. The van der Waals surface area contributed by atoms with Crippen molar-refractivity contribution in [2.45, 2.75) is 16.8 Å². The van der Waals surface area contributed by atoms with E-state index in [1.807, 2.05) is 36.4 Å². The molecule has 0 bridgehead atoms. The van der Waals surface area contributed by atoms with E-state index in [2.05, 4.69) is 24.3 Å². The Morgan fingerprint density at radius 1 is 0.912 bits per heavy atom. The van der Waals surface area contributed by atoms with Gasteiger partial charge in [0.25, 0.3) is 0 Å². The number of nitrogens with zero attached hydrogens (tertiary/aromatic N) is 1. The first-order valence-corrected chi connectivity index (χ1v) is 13.6. The van der Waals surface area contributed by atoms with E-state index in [0.717, 1.165) is 11.1 Å². The maximum atomic E-state index is 12.9. The van der Waals surface area contributed by atoms with Crippen molar-refractivity contribution in [3.63, 3.8) is 0 Å². The Morgan fingerprint density at radius 2 is 1.53 bits per heavy atom. The number of thioether (sulfide) groups is 1. The summed E-state index contributed by atoms with van der Waals surface area (Å²) in [5.74, 6) is -0.163. The number of rotatable bonds is 9. The van der Waals surface area contributed by atoms with Crippen molar-refractivity contribution in [2.75, 3.05) is 32.1 Å². The lowest BCUT2D eigenvalue weighted by Crippen LogP contribution is -2.40. The van der Waals surface area contributed by atoms with E-state index in [-0.39, 0.29) is 28.5 Å². The van der Waals surface area contributed by atoms with Crippen LogP contribution in [0.15, 0.2) is 89.8 Å². The van der Waals surface area contributed by atoms with Crippen LogP contribution in [0.5, 0.6) is 0 Å². The maximum Gasteiger partial charge on any atom is 0.316 e. The number of sulfonamides is 1. The Balaban J connectivity index is 1.37. The lowest BCUT2D eigenvalue weighted by atomic mass is 10.0. The van der Waals surface area contributed by atoms with Crippen LogP contribution in [0.4, 0.5) is 0 Å². The molecule has 6 nitrogen and oxygen atoms in total. The topological polar surface area (TPSA) is 72.9 Å². The highest BCUT2D eigenvalue weighted by atomic mass is 32.2. The van der Waals surface area contributed by atoms with E-state index < -0.39 is 10.0 Å². The fourth-order valence-electron chi connectivity index (χ4n) is 3.73. The molecule has 0 saturated carbocycles. The van der Waals surface area contributed by atoms with Crippen LogP contribution < -0.4 is 0 Å². The van der Waals surface area contributed by atoms with Gasteiger partial charge in [-0.3, -0.25) is 4.79 Å². The second-order valence-corrected chi connectivity index (χ2v) is 10.9. The molecule has 3 aromatic carbocycles. The minimum atomic E-state index is -3.60. The van der Waals surface area contributed by atoms with Crippen LogP contribution in [0.3, 0.4) is 0 Å². The van der Waals surface area contributed by atoms with E-state index in [0.29, 0.717) is 31.9 Å². The lowest BCUT2D eigenvalue weighted by Gasteiger charge is -2.26. The molecule has 1 heterocycles. The summed E-state index contributed by atoms with van der Waals surface area (Å²) >= 11 is 1.51. The summed E-state index contributed by atoms with van der Waals surface area (Å²) in [4.78, 5) is 12.7. The lowest BCUT2D eigenvalue weighted by molar-refractivity contribution is -0.141. The number of hydrogen-bond donors (Lipinski definition) is 0. The summed E-state index contributed by atoms with van der Waals surface area (Å²) in [5.41, 5.74) is 2.87. The van der Waals surface area contributed by atoms with Crippen LogP contribution >= 0.6 is 11.8 Å². The van der Waals surface area contributed by atoms with Gasteiger partial charge in [0.1, 0.15) is 6.61 Å². The Morgan fingerprint density at radius 3 is 2.15 bits per heavy atom. The monoisotopic (exact) mass is 497 g/mol. The average molecular weight is 498 g/mol. The first-order chi connectivity index (χ1) is 16.5. The molecule has 178 valence electrons. The fourth-order valence-corrected chi connectivity index (χ4v) is 6.29. The molecular formula is C26H27NO5S2. The summed E-state index contributed by atoms with van der Waals surface area (Å²) in [5, 5.41) is 0.0111. The first-order valence-electron chi connectivity index (χ1n) is 11.1. The summed E-state index contributed by atoms with van der Waals surface area (Å²) in [6.07, 6.45) is 0. The van der Waals surface area contributed by atoms with E-state index >= 15 is 0 Å². The molecule has 1 fully saturated rings. The van der Waals surface area contributed by atoms with Gasteiger partial charge in [-0.25, -0.2) is 8.42 Å². The summed E-state index contributed by atoms with van der Waals surface area (Å²) < 4.78 is 37.9. The number of ether oxygens (including phenoxy) is 2. The molecule has 34 heavy (non-hydrogen) atoms. The first kappa shape index (κ1) is 24.5. The van der Waals surface area contributed by atoms with Gasteiger partial charge in [0, 0.05) is 13.1 Å². The summed E-state index contributed by atoms with van der Waals surface area (Å²) in [6.45, 7) is 1.47. The van der Waals surface area contributed by atoms with Crippen LogP contribution in [0, 0.1) is 0 Å². The van der Waals surface area contributed by atoms with E-state index in [1.165, 1.54) is 16.1 Å². The van der Waals surface area contributed by atoms with Gasteiger partial charge in [0.05, 0.1) is 29.1 Å². The maximum absolute atomic E-state index is 12.9. The highest BCUT2D eigenvalue weighted by molar-refractivity contribution is 8.00. The van der Waals surface area contributed by atoms with Gasteiger partial charge in [-0.05, 0) is 28.8 Å². The molecular weight excluding hydrogens is 470 g/mol. The van der Waals surface area contributed by atoms with Crippen molar-refractivity contribution in [1.29, 1.82) is 0 Å². The molecule has 3 aromatic rings. The molecule has 4 rings (SSSR count). The molecule has 8 heteroatoms. The van der Waals surface area contributed by atoms with Gasteiger partial charge < -0.3 is 9.47 Å². The average Bonchev–Trinajstić information content (AvgIpc) is 2.89. The zero-order chi connectivity index (χ0) is 23.8. The zero-order valence-corrected chi connectivity index (χ0v) is 20.3. The molecule has 0 aliphatic carbocycles. The molecule has 1 aliphatic rings. The number of esters is 1. The largest absolute Gasteiger partial charge is 0.460 e. The van der Waals surface area contributed by atoms with Crippen LogP contribution in [0.2, 0.25) is 0 Å². The Hall–Kier alpha value is -2.65. The molecule has 0 unspecified atom stereocenters. The number of hydrogen-bond acceptors (Lipinski definition) is 6. The second kappa shape index (κ2) is 11.7. The van der Waals surface area contributed by atoms with Gasteiger partial charge in [0.15, 0.2) is 0 Å². The van der Waals surface area contributed by atoms with Gasteiger partial charge in [-0.15, -0.1) is 11.8 Å². The van der Waals surface area contributed by atoms with Crippen molar-refractivity contribution in [3.05, 3.63) is 102 Å². The predicted molar refractivity (Wildman–Crippen MR) is 133 cm³/mol. The van der Waals surface area contributed by atoms with Crippen molar-refractivity contribution < 1.29 is 22.7 Å². The van der Waals surface area contributed by atoms with Crippen molar-refractivity contribution >= 4 is 27.8 Å². The molecule has 1 saturated heterocycles. The smallest absolute Gasteiger partial charge is 0.316 e. The van der Waals surface area contributed by atoms with Crippen molar-refractivity contribution in [3.8, 4) is 0 Å². The molecule has 0 N–H and O–H groups in total. The van der Waals surface area contributed by atoms with E-state index in [1.54, 1.807) is 24.3 Å². The normalized spacial score (nSPS) is 14.7. The Kier molecular flexibility index (Phi) is 8.39. The van der Waals surface area contributed by atoms with Gasteiger partial charge in [-0.1, -0.05) is 72.8 Å². The minimum absolute atomic E-state index is 0.0111. The minimum Gasteiger partial charge on any atom is -0.460 e. The fraction of sp³-hybridized carbons (Fsp3) is 0.269. The highest BCUT2D eigenvalue weighted by Crippen LogP contribution is 2.35. The Bertz CT molecular complexity index is 1140. The zero-order valence-electron chi connectivity index (χ0n) is 18.7. The number of carbonyl (C=O) groups excluding carboxylic acids is 1. The van der Waals surface area contributed by atoms with Crippen molar-refractivity contribution in [1.82, 2.24) is 4.31 Å². The predicted octanol–water partition coefficient (Wildman–Crippen LogP) is 4.27. The van der Waals surface area contributed by atoms with Crippen LogP contribution in [0.25, 0.3) is 0 Å². The van der Waals surface area contributed by atoms with E-state index in [9.17, 15) is 13.2 Å². The quantitative estimate of drug-likeness (QED) is 0.411. The van der Waals surface area contributed by atoms with Crippen LogP contribution in [-0.2, 0) is 30.9 Å². The summed E-state index contributed by atoms with van der Waals surface area (Å²) in [6, 6.07) is 26.7. The van der Waals surface area contributed by atoms with Crippen LogP contribution in [-0.4, -0.2) is 50.7 Å². The molecule has 0 spiro atoms. The Labute approximate surface area is 204 Å². The summed E-state index contributed by atoms with van der Waals surface area (Å²) in [7, 11) is -3.60. The van der Waals surface area contributed by atoms with Crippen LogP contribution in [0.1, 0.15) is 21.9 Å². The number of morpholine rings is 1. The second-order valence-electron chi connectivity index (χ2n) is 7.84. The standard InChI is InChI=1S/C26H27NO5S2/c28-25(20-33-26(22-9-3-1-4-10-22)23-11-5-2-6-12-23)32-19-21-8-7-13-24(18-21)34(29,30)27-14-16-31-17-15-27/h1-13,18,26H,14-17,19-20H2. The van der Waals surface area contributed by atoms with Gasteiger partial charge >= 0.3 is 5.97 Å². The third kappa shape index (κ3) is 6.27. The van der Waals surface area contributed by atoms with Crippen molar-refractivity contribution in [2.24, 2.45) is 0 Å². The molecule has 0 radical (unpaired) electrons.